The van der Waals surface area contributed by atoms with Crippen LogP contribution in [0, 0.1) is 6.92 Å². The van der Waals surface area contributed by atoms with Crippen molar-refractivity contribution >= 4 is 5.91 Å². The lowest BCUT2D eigenvalue weighted by molar-refractivity contribution is -0.134. The summed E-state index contributed by atoms with van der Waals surface area (Å²) in [6, 6.07) is 8.83. The van der Waals surface area contributed by atoms with E-state index < -0.39 is 0 Å². The first-order chi connectivity index (χ1) is 14.1. The highest BCUT2D eigenvalue weighted by Crippen LogP contribution is 2.18. The van der Waals surface area contributed by atoms with Gasteiger partial charge in [0.05, 0.1) is 19.3 Å². The molecule has 7 nitrogen and oxygen atoms in total. The third-order valence-corrected chi connectivity index (χ3v) is 5.10. The number of ether oxygens (including phenoxy) is 3. The van der Waals surface area contributed by atoms with E-state index in [1.807, 2.05) is 40.7 Å². The maximum Gasteiger partial charge on any atom is 0.260 e. The molecule has 156 valence electrons. The quantitative estimate of drug-likeness (QED) is 0.681. The Morgan fingerprint density at radius 1 is 1.00 bits per heavy atom. The van der Waals surface area contributed by atoms with Crippen LogP contribution in [0.5, 0.6) is 17.2 Å². The molecule has 3 rings (SSSR count). The molecule has 1 aromatic carbocycles. The van der Waals surface area contributed by atoms with Crippen LogP contribution in [-0.4, -0.2) is 48.8 Å². The first kappa shape index (κ1) is 20.8. The Hall–Kier alpha value is -2.96. The summed E-state index contributed by atoms with van der Waals surface area (Å²) in [6.45, 7) is 4.22. The van der Waals surface area contributed by atoms with Gasteiger partial charge >= 0.3 is 0 Å². The Bertz CT molecular complexity index is 870. The van der Waals surface area contributed by atoms with Gasteiger partial charge in [-0.05, 0) is 50.5 Å². The van der Waals surface area contributed by atoms with E-state index >= 15 is 0 Å². The van der Waals surface area contributed by atoms with Gasteiger partial charge in [0.25, 0.3) is 5.91 Å². The third kappa shape index (κ3) is 5.53. The standard InChI is InChI=1S/C22H28N2O5/c1-17-22(29-16-21(26)24-11-4-3-5-12-24)20(25)10-13-23(17)14-15-28-19-8-6-18(27-2)7-9-19/h6-10,13H,3-5,11-12,14-16H2,1-2H3. The smallest absolute Gasteiger partial charge is 0.260 e. The molecule has 1 aromatic heterocycles. The molecule has 0 saturated carbocycles. The Morgan fingerprint density at radius 3 is 2.38 bits per heavy atom. The summed E-state index contributed by atoms with van der Waals surface area (Å²) in [6.07, 6.45) is 4.92. The highest BCUT2D eigenvalue weighted by Gasteiger charge is 2.18. The van der Waals surface area contributed by atoms with Crippen LogP contribution in [0.3, 0.4) is 0 Å². The molecule has 0 radical (unpaired) electrons. The number of amides is 1. The lowest BCUT2D eigenvalue weighted by Gasteiger charge is -2.26. The fraction of sp³-hybridized carbons (Fsp3) is 0.455. The first-order valence-corrected chi connectivity index (χ1v) is 9.96. The van der Waals surface area contributed by atoms with Crippen LogP contribution in [-0.2, 0) is 11.3 Å². The zero-order valence-electron chi connectivity index (χ0n) is 17.1. The first-order valence-electron chi connectivity index (χ1n) is 9.96. The number of likely N-dealkylation sites (tertiary alicyclic amines) is 1. The summed E-state index contributed by atoms with van der Waals surface area (Å²) in [5.41, 5.74) is 0.462. The number of pyridine rings is 1. The molecule has 2 aromatic rings. The Morgan fingerprint density at radius 2 is 1.69 bits per heavy atom. The summed E-state index contributed by atoms with van der Waals surface area (Å²) >= 11 is 0. The van der Waals surface area contributed by atoms with Crippen LogP contribution in [0.25, 0.3) is 0 Å². The Labute approximate surface area is 170 Å². The van der Waals surface area contributed by atoms with Crippen LogP contribution in [0.4, 0.5) is 0 Å². The molecular weight excluding hydrogens is 372 g/mol. The molecule has 29 heavy (non-hydrogen) atoms. The van der Waals surface area contributed by atoms with Crippen molar-refractivity contribution in [3.63, 3.8) is 0 Å². The molecule has 1 fully saturated rings. The van der Waals surface area contributed by atoms with E-state index in [0.717, 1.165) is 43.9 Å². The Kier molecular flexibility index (Phi) is 7.16. The van der Waals surface area contributed by atoms with Crippen molar-refractivity contribution in [2.24, 2.45) is 0 Å². The van der Waals surface area contributed by atoms with Crippen LogP contribution in [0.1, 0.15) is 25.0 Å². The number of aromatic nitrogens is 1. The highest BCUT2D eigenvalue weighted by molar-refractivity contribution is 5.77. The van der Waals surface area contributed by atoms with Crippen molar-refractivity contribution in [3.8, 4) is 17.2 Å². The van der Waals surface area contributed by atoms with E-state index in [9.17, 15) is 9.59 Å². The van der Waals surface area contributed by atoms with Gasteiger partial charge in [-0.1, -0.05) is 0 Å². The average molecular weight is 400 g/mol. The third-order valence-electron chi connectivity index (χ3n) is 5.10. The number of methoxy groups -OCH3 is 1. The van der Waals surface area contributed by atoms with E-state index in [-0.39, 0.29) is 23.7 Å². The lowest BCUT2D eigenvalue weighted by Crippen LogP contribution is -2.39. The molecule has 1 saturated heterocycles. The number of benzene rings is 1. The van der Waals surface area contributed by atoms with Crippen LogP contribution in [0.2, 0.25) is 0 Å². The van der Waals surface area contributed by atoms with Gasteiger partial charge in [0, 0.05) is 25.4 Å². The van der Waals surface area contributed by atoms with Crippen LogP contribution in [0.15, 0.2) is 41.3 Å². The number of carbonyl (C=O) groups is 1. The molecular formula is C22H28N2O5. The van der Waals surface area contributed by atoms with E-state index in [0.29, 0.717) is 18.8 Å². The van der Waals surface area contributed by atoms with Gasteiger partial charge in [0.2, 0.25) is 5.43 Å². The van der Waals surface area contributed by atoms with Gasteiger partial charge in [-0.15, -0.1) is 0 Å². The minimum absolute atomic E-state index is 0.0678. The zero-order chi connectivity index (χ0) is 20.6. The number of rotatable bonds is 8. The zero-order valence-corrected chi connectivity index (χ0v) is 17.1. The van der Waals surface area contributed by atoms with Crippen molar-refractivity contribution in [1.82, 2.24) is 9.47 Å². The molecule has 0 unspecified atom stereocenters. The number of hydrogen-bond donors (Lipinski definition) is 0. The minimum Gasteiger partial charge on any atom is -0.497 e. The Balaban J connectivity index is 1.57. The van der Waals surface area contributed by atoms with Gasteiger partial charge in [-0.3, -0.25) is 9.59 Å². The second-order valence-corrected chi connectivity index (χ2v) is 7.04. The fourth-order valence-corrected chi connectivity index (χ4v) is 3.37. The molecule has 0 aliphatic carbocycles. The minimum atomic E-state index is -0.221. The number of nitrogens with zero attached hydrogens (tertiary/aromatic N) is 2. The predicted octanol–water partition coefficient (Wildman–Crippen LogP) is 2.64. The van der Waals surface area contributed by atoms with Gasteiger partial charge in [-0.2, -0.15) is 0 Å². The summed E-state index contributed by atoms with van der Waals surface area (Å²) < 4.78 is 18.4. The average Bonchev–Trinajstić information content (AvgIpc) is 2.76. The van der Waals surface area contributed by atoms with Gasteiger partial charge < -0.3 is 23.7 Å². The molecule has 0 bridgehead atoms. The monoisotopic (exact) mass is 400 g/mol. The summed E-state index contributed by atoms with van der Waals surface area (Å²) in [5, 5.41) is 0. The van der Waals surface area contributed by atoms with Gasteiger partial charge in [0.1, 0.15) is 18.1 Å². The lowest BCUT2D eigenvalue weighted by atomic mass is 10.1. The van der Waals surface area contributed by atoms with E-state index in [2.05, 4.69) is 0 Å². The molecule has 1 aliphatic rings. The van der Waals surface area contributed by atoms with E-state index in [1.54, 1.807) is 13.3 Å². The second-order valence-electron chi connectivity index (χ2n) is 7.04. The molecule has 7 heteroatoms. The fourth-order valence-electron chi connectivity index (χ4n) is 3.37. The normalized spacial score (nSPS) is 13.8. The van der Waals surface area contributed by atoms with Crippen molar-refractivity contribution in [2.45, 2.75) is 32.7 Å². The number of hydrogen-bond acceptors (Lipinski definition) is 5. The van der Waals surface area contributed by atoms with Gasteiger partial charge in [-0.25, -0.2) is 0 Å². The molecule has 0 N–H and O–H groups in total. The van der Waals surface area contributed by atoms with Crippen molar-refractivity contribution in [2.75, 3.05) is 33.4 Å². The molecule has 0 atom stereocenters. The highest BCUT2D eigenvalue weighted by atomic mass is 16.5. The topological polar surface area (TPSA) is 70.0 Å². The number of carbonyl (C=O) groups excluding carboxylic acids is 1. The second kappa shape index (κ2) is 10.0. The molecule has 1 aliphatic heterocycles. The maximum absolute atomic E-state index is 12.3. The van der Waals surface area contributed by atoms with E-state index in [4.69, 9.17) is 14.2 Å². The summed E-state index contributed by atoms with van der Waals surface area (Å²) in [4.78, 5) is 26.4. The molecule has 0 spiro atoms. The van der Waals surface area contributed by atoms with Crippen LogP contribution >= 0.6 is 0 Å². The summed E-state index contributed by atoms with van der Waals surface area (Å²) in [5.74, 6) is 1.67. The molecule has 1 amide bonds. The van der Waals surface area contributed by atoms with Crippen molar-refractivity contribution in [3.05, 3.63) is 52.4 Å². The van der Waals surface area contributed by atoms with Crippen LogP contribution < -0.4 is 19.6 Å². The van der Waals surface area contributed by atoms with E-state index in [1.165, 1.54) is 6.07 Å². The predicted molar refractivity (Wildman–Crippen MR) is 110 cm³/mol. The maximum atomic E-state index is 12.3. The van der Waals surface area contributed by atoms with Crippen molar-refractivity contribution in [1.29, 1.82) is 0 Å². The van der Waals surface area contributed by atoms with Crippen molar-refractivity contribution < 1.29 is 19.0 Å². The van der Waals surface area contributed by atoms with Gasteiger partial charge in [0.15, 0.2) is 12.4 Å². The summed E-state index contributed by atoms with van der Waals surface area (Å²) in [7, 11) is 1.62. The largest absolute Gasteiger partial charge is 0.497 e. The molecule has 2 heterocycles. The SMILES string of the molecule is COc1ccc(OCCn2ccc(=O)c(OCC(=O)N3CCCCC3)c2C)cc1. The number of piperidine rings is 1.